The number of halogens is 1. The van der Waals surface area contributed by atoms with Crippen molar-refractivity contribution in [1.82, 2.24) is 4.98 Å². The van der Waals surface area contributed by atoms with Crippen molar-refractivity contribution in [2.24, 2.45) is 5.73 Å². The van der Waals surface area contributed by atoms with E-state index in [1.807, 2.05) is 37.4 Å². The average molecular weight is 285 g/mol. The quantitative estimate of drug-likeness (QED) is 0.914. The number of nitrogens with two attached hydrogens (primary N) is 1. The lowest BCUT2D eigenvalue weighted by atomic mass is 10.1. The smallest absolute Gasteiger partial charge is 0.154 e. The van der Waals surface area contributed by atoms with Crippen molar-refractivity contribution in [1.29, 1.82) is 0 Å². The Morgan fingerprint density at radius 3 is 2.76 bits per heavy atom. The summed E-state index contributed by atoms with van der Waals surface area (Å²) in [5, 5.41) is 2.77. The Morgan fingerprint density at radius 1 is 1.47 bits per heavy atom. The van der Waals surface area contributed by atoms with Crippen molar-refractivity contribution in [3.63, 3.8) is 0 Å². The normalized spacial score (nSPS) is 12.7. The molecule has 2 nitrogen and oxygen atoms in total. The first-order chi connectivity index (χ1) is 8.06. The van der Waals surface area contributed by atoms with Crippen LogP contribution in [0, 0.1) is 6.92 Å². The second-order valence-corrected chi connectivity index (χ2v) is 6.39. The number of thiazole rings is 1. The Balaban J connectivity index is 2.22. The van der Waals surface area contributed by atoms with E-state index in [-0.39, 0.29) is 6.04 Å². The Labute approximate surface area is 114 Å². The van der Waals surface area contributed by atoms with E-state index in [0.29, 0.717) is 0 Å². The van der Waals surface area contributed by atoms with E-state index < -0.39 is 0 Å². The molecule has 0 aliphatic heterocycles. The van der Waals surface area contributed by atoms with Gasteiger partial charge < -0.3 is 5.73 Å². The molecule has 0 spiro atoms. The molecule has 0 amide bonds. The summed E-state index contributed by atoms with van der Waals surface area (Å²) >= 11 is 9.45. The van der Waals surface area contributed by atoms with Gasteiger partial charge in [-0.15, -0.1) is 11.3 Å². The van der Waals surface area contributed by atoms with Crippen LogP contribution in [0.5, 0.6) is 0 Å². The van der Waals surface area contributed by atoms with E-state index in [1.54, 1.807) is 23.1 Å². The van der Waals surface area contributed by atoms with Crippen LogP contribution in [0.4, 0.5) is 0 Å². The van der Waals surface area contributed by atoms with Crippen molar-refractivity contribution >= 4 is 34.7 Å². The molecule has 0 saturated carbocycles. The summed E-state index contributed by atoms with van der Waals surface area (Å²) in [6.45, 7) is 3.93. The SMILES string of the molecule is Cc1csc(Sc2ccc([C@H](C)N)cc2Cl)n1. The third-order valence-corrected chi connectivity index (χ3v) is 4.83. The van der Waals surface area contributed by atoms with Gasteiger partial charge in [-0.3, -0.25) is 0 Å². The van der Waals surface area contributed by atoms with Gasteiger partial charge in [0.1, 0.15) is 0 Å². The predicted molar refractivity (Wildman–Crippen MR) is 75.0 cm³/mol. The molecule has 1 aromatic carbocycles. The molecule has 1 atom stereocenters. The van der Waals surface area contributed by atoms with Crippen LogP contribution in [-0.4, -0.2) is 4.98 Å². The molecule has 0 saturated heterocycles. The van der Waals surface area contributed by atoms with Gasteiger partial charge in [0, 0.05) is 22.0 Å². The molecular weight excluding hydrogens is 272 g/mol. The zero-order chi connectivity index (χ0) is 12.4. The van der Waals surface area contributed by atoms with E-state index in [4.69, 9.17) is 17.3 Å². The van der Waals surface area contributed by atoms with Gasteiger partial charge in [-0.25, -0.2) is 4.98 Å². The standard InChI is InChI=1S/C12H13ClN2S2/c1-7-6-16-12(15-7)17-11-4-3-9(8(2)14)5-10(11)13/h3-6,8H,14H2,1-2H3/t8-/m0/s1. The first-order valence-electron chi connectivity index (χ1n) is 5.21. The molecule has 0 radical (unpaired) electrons. The Morgan fingerprint density at radius 2 is 2.24 bits per heavy atom. The molecule has 0 aliphatic rings. The van der Waals surface area contributed by atoms with Crippen molar-refractivity contribution in [2.75, 3.05) is 0 Å². The highest BCUT2D eigenvalue weighted by molar-refractivity contribution is 8.01. The topological polar surface area (TPSA) is 38.9 Å². The summed E-state index contributed by atoms with van der Waals surface area (Å²) in [5.41, 5.74) is 7.91. The highest BCUT2D eigenvalue weighted by atomic mass is 35.5. The Hall–Kier alpha value is -0.550. The molecule has 2 rings (SSSR count). The fourth-order valence-corrected chi connectivity index (χ4v) is 3.46. The molecule has 90 valence electrons. The maximum Gasteiger partial charge on any atom is 0.154 e. The number of hydrogen-bond donors (Lipinski definition) is 1. The highest BCUT2D eigenvalue weighted by Crippen LogP contribution is 2.35. The molecular formula is C12H13ClN2S2. The van der Waals surface area contributed by atoms with E-state index in [1.165, 1.54) is 0 Å². The van der Waals surface area contributed by atoms with E-state index in [9.17, 15) is 0 Å². The predicted octanol–water partition coefficient (Wildman–Crippen LogP) is 4.28. The second-order valence-electron chi connectivity index (χ2n) is 3.84. The van der Waals surface area contributed by atoms with Gasteiger partial charge >= 0.3 is 0 Å². The van der Waals surface area contributed by atoms with Crippen molar-refractivity contribution in [2.45, 2.75) is 29.1 Å². The number of hydrogen-bond acceptors (Lipinski definition) is 4. The highest BCUT2D eigenvalue weighted by Gasteiger charge is 2.08. The van der Waals surface area contributed by atoms with Crippen molar-refractivity contribution in [3.8, 4) is 0 Å². The third kappa shape index (κ3) is 3.22. The molecule has 0 aliphatic carbocycles. The summed E-state index contributed by atoms with van der Waals surface area (Å²) in [6.07, 6.45) is 0. The largest absolute Gasteiger partial charge is 0.324 e. The number of aromatic nitrogens is 1. The van der Waals surface area contributed by atoms with Gasteiger partial charge in [0.2, 0.25) is 0 Å². The average Bonchev–Trinajstić information content (AvgIpc) is 2.67. The summed E-state index contributed by atoms with van der Waals surface area (Å²) < 4.78 is 1.01. The molecule has 2 aromatic rings. The van der Waals surface area contributed by atoms with Crippen LogP contribution < -0.4 is 5.73 Å². The van der Waals surface area contributed by atoms with Crippen LogP contribution in [0.15, 0.2) is 32.8 Å². The van der Waals surface area contributed by atoms with E-state index >= 15 is 0 Å². The van der Waals surface area contributed by atoms with Crippen molar-refractivity contribution in [3.05, 3.63) is 39.9 Å². The lowest BCUT2D eigenvalue weighted by molar-refractivity contribution is 0.817. The van der Waals surface area contributed by atoms with Gasteiger partial charge in [-0.2, -0.15) is 0 Å². The van der Waals surface area contributed by atoms with Gasteiger partial charge in [-0.05, 0) is 31.5 Å². The first kappa shape index (κ1) is 12.9. The zero-order valence-electron chi connectivity index (χ0n) is 9.61. The van der Waals surface area contributed by atoms with Gasteiger partial charge in [0.25, 0.3) is 0 Å². The maximum absolute atomic E-state index is 6.23. The number of rotatable bonds is 3. The van der Waals surface area contributed by atoms with Crippen LogP contribution >= 0.6 is 34.7 Å². The van der Waals surface area contributed by atoms with Crippen molar-refractivity contribution < 1.29 is 0 Å². The van der Waals surface area contributed by atoms with Gasteiger partial charge in [0.05, 0.1) is 5.02 Å². The second kappa shape index (κ2) is 5.40. The van der Waals surface area contributed by atoms with Gasteiger partial charge in [-0.1, -0.05) is 29.4 Å². The molecule has 0 fully saturated rings. The lowest BCUT2D eigenvalue weighted by Crippen LogP contribution is -2.04. The van der Waals surface area contributed by atoms with E-state index in [0.717, 1.165) is 25.5 Å². The van der Waals surface area contributed by atoms with Crippen LogP contribution in [0.2, 0.25) is 5.02 Å². The monoisotopic (exact) mass is 284 g/mol. The maximum atomic E-state index is 6.23. The van der Waals surface area contributed by atoms with Crippen LogP contribution in [-0.2, 0) is 0 Å². The molecule has 0 bridgehead atoms. The molecule has 17 heavy (non-hydrogen) atoms. The molecule has 1 aromatic heterocycles. The minimum Gasteiger partial charge on any atom is -0.324 e. The fraction of sp³-hybridized carbons (Fsp3) is 0.250. The first-order valence-corrected chi connectivity index (χ1v) is 7.28. The number of benzene rings is 1. The molecule has 2 N–H and O–H groups in total. The number of nitrogens with zero attached hydrogens (tertiary/aromatic N) is 1. The van der Waals surface area contributed by atoms with Crippen LogP contribution in [0.3, 0.4) is 0 Å². The third-order valence-electron chi connectivity index (χ3n) is 2.28. The summed E-state index contributed by atoms with van der Waals surface area (Å²) in [5.74, 6) is 0. The van der Waals surface area contributed by atoms with Crippen LogP contribution in [0.25, 0.3) is 0 Å². The minimum absolute atomic E-state index is 0.00802. The minimum atomic E-state index is 0.00802. The Bertz CT molecular complexity index is 523. The molecule has 0 unspecified atom stereocenters. The summed E-state index contributed by atoms with van der Waals surface area (Å²) in [6, 6.07) is 5.95. The Kier molecular flexibility index (Phi) is 4.09. The van der Waals surface area contributed by atoms with Gasteiger partial charge in [0.15, 0.2) is 4.34 Å². The van der Waals surface area contributed by atoms with E-state index in [2.05, 4.69) is 4.98 Å². The molecule has 5 heteroatoms. The fourth-order valence-electron chi connectivity index (χ4n) is 1.36. The van der Waals surface area contributed by atoms with Crippen LogP contribution in [0.1, 0.15) is 24.2 Å². The lowest BCUT2D eigenvalue weighted by Gasteiger charge is -2.08. The summed E-state index contributed by atoms with van der Waals surface area (Å²) in [4.78, 5) is 5.42. The summed E-state index contributed by atoms with van der Waals surface area (Å²) in [7, 11) is 0. The zero-order valence-corrected chi connectivity index (χ0v) is 12.0. The molecule has 1 heterocycles. The number of aryl methyl sites for hydroxylation is 1.